The summed E-state index contributed by atoms with van der Waals surface area (Å²) in [6.45, 7) is 9.41. The number of hydrazine groups is 1. The molecule has 2 aromatic rings. The van der Waals surface area contributed by atoms with Gasteiger partial charge in [0.2, 0.25) is 5.91 Å². The molecule has 0 unspecified atom stereocenters. The van der Waals surface area contributed by atoms with Crippen molar-refractivity contribution in [1.82, 2.24) is 10.4 Å². The number of hydrogen-bond acceptors (Lipinski definition) is 2. The van der Waals surface area contributed by atoms with E-state index in [4.69, 9.17) is 0 Å². The molecule has 0 bridgehead atoms. The van der Waals surface area contributed by atoms with Crippen LogP contribution in [0.5, 0.6) is 0 Å². The average Bonchev–Trinajstić information content (AvgIpc) is 2.76. The van der Waals surface area contributed by atoms with Gasteiger partial charge in [-0.2, -0.15) is 18.2 Å². The smallest absolute Gasteiger partial charge is 0.287 e. The minimum Gasteiger partial charge on any atom is -0.287 e. The fourth-order valence-corrected chi connectivity index (χ4v) is 3.82. The Balaban J connectivity index is 2.19. The molecular formula is C21H25F3N2O. The number of hydrogen-bond donors (Lipinski definition) is 1. The van der Waals surface area contributed by atoms with E-state index in [9.17, 15) is 18.0 Å². The van der Waals surface area contributed by atoms with Gasteiger partial charge in [0.15, 0.2) is 6.04 Å². The maximum atomic E-state index is 14.1. The Morgan fingerprint density at radius 1 is 1.11 bits per heavy atom. The molecule has 1 N–H and O–H groups in total. The highest BCUT2D eigenvalue weighted by molar-refractivity contribution is 5.87. The van der Waals surface area contributed by atoms with Crippen molar-refractivity contribution in [1.29, 1.82) is 0 Å². The lowest BCUT2D eigenvalue weighted by atomic mass is 9.83. The van der Waals surface area contributed by atoms with Crippen LogP contribution in [0.4, 0.5) is 13.2 Å². The zero-order chi connectivity index (χ0) is 20.2. The second-order valence-corrected chi connectivity index (χ2v) is 8.87. The average molecular weight is 378 g/mol. The van der Waals surface area contributed by atoms with E-state index in [0.29, 0.717) is 0 Å². The molecule has 6 heteroatoms. The zero-order valence-electron chi connectivity index (χ0n) is 16.2. The number of amides is 1. The first kappa shape index (κ1) is 19.7. The van der Waals surface area contributed by atoms with E-state index in [2.05, 4.69) is 5.43 Å². The van der Waals surface area contributed by atoms with Crippen LogP contribution < -0.4 is 5.43 Å². The molecule has 0 aliphatic carbocycles. The lowest BCUT2D eigenvalue weighted by molar-refractivity contribution is -0.203. The van der Waals surface area contributed by atoms with Crippen LogP contribution >= 0.6 is 0 Å². The molecule has 1 saturated heterocycles. The predicted molar refractivity (Wildman–Crippen MR) is 100 cm³/mol. The topological polar surface area (TPSA) is 32.3 Å². The molecule has 0 radical (unpaired) electrons. The van der Waals surface area contributed by atoms with Gasteiger partial charge < -0.3 is 0 Å². The van der Waals surface area contributed by atoms with Crippen molar-refractivity contribution in [3.8, 4) is 0 Å². The van der Waals surface area contributed by atoms with Crippen molar-refractivity contribution in [3.63, 3.8) is 0 Å². The summed E-state index contributed by atoms with van der Waals surface area (Å²) < 4.78 is 42.2. The van der Waals surface area contributed by atoms with E-state index in [0.717, 1.165) is 21.3 Å². The van der Waals surface area contributed by atoms with Gasteiger partial charge in [-0.3, -0.25) is 10.2 Å². The number of alkyl halides is 3. The van der Waals surface area contributed by atoms with Gasteiger partial charge in [0, 0.05) is 12.0 Å². The Morgan fingerprint density at radius 3 is 2.30 bits per heavy atom. The lowest BCUT2D eigenvalue weighted by Crippen LogP contribution is -2.51. The molecule has 3 nitrogen and oxygen atoms in total. The number of carbonyl (C=O) groups excluding carboxylic acids is 1. The number of halogens is 3. The van der Waals surface area contributed by atoms with Crippen LogP contribution in [0, 0.1) is 0 Å². The van der Waals surface area contributed by atoms with E-state index in [1.807, 2.05) is 39.0 Å². The van der Waals surface area contributed by atoms with E-state index >= 15 is 0 Å². The second-order valence-electron chi connectivity index (χ2n) is 8.87. The predicted octanol–water partition coefficient (Wildman–Crippen LogP) is 5.26. The largest absolute Gasteiger partial charge is 0.409 e. The van der Waals surface area contributed by atoms with E-state index in [-0.39, 0.29) is 17.4 Å². The van der Waals surface area contributed by atoms with Crippen molar-refractivity contribution >= 4 is 16.7 Å². The van der Waals surface area contributed by atoms with Crippen LogP contribution in [0.3, 0.4) is 0 Å². The van der Waals surface area contributed by atoms with Crippen LogP contribution in [-0.4, -0.2) is 22.6 Å². The molecule has 0 spiro atoms. The summed E-state index contributed by atoms with van der Waals surface area (Å²) in [5.74, 6) is -0.398. The number of benzene rings is 2. The highest BCUT2D eigenvalue weighted by Gasteiger charge is 2.53. The Hall–Kier alpha value is -2.08. The minimum absolute atomic E-state index is 0.0282. The first-order valence-corrected chi connectivity index (χ1v) is 8.99. The summed E-state index contributed by atoms with van der Waals surface area (Å²) in [6.07, 6.45) is -4.50. The van der Waals surface area contributed by atoms with Gasteiger partial charge in [0.1, 0.15) is 0 Å². The summed E-state index contributed by atoms with van der Waals surface area (Å²) in [4.78, 5) is 11.8. The third-order valence-corrected chi connectivity index (χ3v) is 5.09. The van der Waals surface area contributed by atoms with E-state index in [1.54, 1.807) is 26.0 Å². The van der Waals surface area contributed by atoms with Crippen molar-refractivity contribution in [3.05, 3.63) is 47.5 Å². The lowest BCUT2D eigenvalue weighted by Gasteiger charge is -2.38. The highest BCUT2D eigenvalue weighted by atomic mass is 19.4. The third-order valence-electron chi connectivity index (χ3n) is 5.09. The van der Waals surface area contributed by atoms with Gasteiger partial charge in [-0.15, -0.1) is 0 Å². The molecular weight excluding hydrogens is 353 g/mol. The monoisotopic (exact) mass is 378 g/mol. The molecule has 1 aliphatic rings. The molecule has 1 fully saturated rings. The van der Waals surface area contributed by atoms with Crippen LogP contribution in [0.1, 0.15) is 58.2 Å². The maximum absolute atomic E-state index is 14.1. The Labute approximate surface area is 157 Å². The number of nitrogens with one attached hydrogen (secondary N) is 1. The molecule has 27 heavy (non-hydrogen) atoms. The van der Waals surface area contributed by atoms with Crippen LogP contribution in [0.25, 0.3) is 10.8 Å². The van der Waals surface area contributed by atoms with Crippen molar-refractivity contribution in [2.24, 2.45) is 0 Å². The Morgan fingerprint density at radius 2 is 1.78 bits per heavy atom. The maximum Gasteiger partial charge on any atom is 0.409 e. The quantitative estimate of drug-likeness (QED) is 0.773. The number of fused-ring (bicyclic) bond motifs is 1. The third kappa shape index (κ3) is 3.68. The number of rotatable bonds is 2. The van der Waals surface area contributed by atoms with Crippen LogP contribution in [0.15, 0.2) is 36.4 Å². The van der Waals surface area contributed by atoms with Gasteiger partial charge in [-0.25, -0.2) is 0 Å². The minimum atomic E-state index is -4.53. The fourth-order valence-electron chi connectivity index (χ4n) is 3.82. The Bertz CT molecular complexity index is 881. The van der Waals surface area contributed by atoms with Gasteiger partial charge in [-0.05, 0) is 47.2 Å². The molecule has 2 aromatic carbocycles. The normalized spacial score (nSPS) is 19.3. The Kier molecular flexibility index (Phi) is 4.54. The first-order chi connectivity index (χ1) is 12.3. The van der Waals surface area contributed by atoms with Crippen molar-refractivity contribution in [2.75, 3.05) is 0 Å². The van der Waals surface area contributed by atoms with Crippen LogP contribution in [0.2, 0.25) is 0 Å². The van der Waals surface area contributed by atoms with Crippen molar-refractivity contribution < 1.29 is 18.0 Å². The molecule has 0 saturated carbocycles. The summed E-state index contributed by atoms with van der Waals surface area (Å²) in [7, 11) is 0. The van der Waals surface area contributed by atoms with Gasteiger partial charge in [-0.1, -0.05) is 51.1 Å². The highest BCUT2D eigenvalue weighted by Crippen LogP contribution is 2.44. The van der Waals surface area contributed by atoms with Gasteiger partial charge in [0.25, 0.3) is 0 Å². The fraction of sp³-hybridized carbons (Fsp3) is 0.476. The summed E-state index contributed by atoms with van der Waals surface area (Å²) in [5.41, 5.74) is 2.40. The van der Waals surface area contributed by atoms with E-state index < -0.39 is 23.7 Å². The molecule has 1 atom stereocenters. The van der Waals surface area contributed by atoms with Gasteiger partial charge >= 0.3 is 6.18 Å². The molecule has 3 rings (SSSR count). The molecule has 1 heterocycles. The number of carbonyl (C=O) groups is 1. The summed E-state index contributed by atoms with van der Waals surface area (Å²) in [6, 6.07) is 8.73. The second kappa shape index (κ2) is 6.23. The zero-order valence-corrected chi connectivity index (χ0v) is 16.2. The molecule has 0 aromatic heterocycles. The SMILES string of the molecule is CC(C)(C)c1cccc2ccc([C@H](N3NC(=O)CC3(C)C)C(F)(F)F)cc12. The number of nitrogens with zero attached hydrogens (tertiary/aromatic N) is 1. The van der Waals surface area contributed by atoms with Gasteiger partial charge in [0.05, 0.1) is 0 Å². The van der Waals surface area contributed by atoms with Crippen molar-refractivity contribution in [2.45, 2.75) is 64.2 Å². The summed E-state index contributed by atoms with van der Waals surface area (Å²) >= 11 is 0. The van der Waals surface area contributed by atoms with Crippen LogP contribution in [-0.2, 0) is 10.2 Å². The summed E-state index contributed by atoms with van der Waals surface area (Å²) in [5, 5.41) is 2.76. The first-order valence-electron chi connectivity index (χ1n) is 8.99. The molecule has 1 amide bonds. The standard InChI is InChI=1S/C21H25F3N2O/c1-19(2,3)16-8-6-7-13-9-10-14(11-15(13)16)18(21(22,23)24)26-20(4,5)12-17(27)25-26/h6-11,18H,12H2,1-5H3,(H,25,27)/t18-/m0/s1. The van der Waals surface area contributed by atoms with E-state index in [1.165, 1.54) is 6.07 Å². The molecule has 146 valence electrons. The molecule has 1 aliphatic heterocycles.